The summed E-state index contributed by atoms with van der Waals surface area (Å²) >= 11 is 3.31. The zero-order valence-corrected chi connectivity index (χ0v) is 13.0. The van der Waals surface area contributed by atoms with Gasteiger partial charge in [-0.2, -0.15) is 0 Å². The normalized spacial score (nSPS) is 10.4. The molecular formula is C16H11BrN2O3. The van der Waals surface area contributed by atoms with Gasteiger partial charge < -0.3 is 9.15 Å². The summed E-state index contributed by atoms with van der Waals surface area (Å²) in [6, 6.07) is 16.4. The molecule has 0 aliphatic heterocycles. The molecule has 0 atom stereocenters. The number of hydrogen-bond donors (Lipinski definition) is 0. The van der Waals surface area contributed by atoms with Crippen LogP contribution in [0.15, 0.2) is 63.5 Å². The zero-order chi connectivity index (χ0) is 15.4. The maximum Gasteiger partial charge on any atom is 0.339 e. The Hall–Kier alpha value is -2.47. The van der Waals surface area contributed by atoms with E-state index in [2.05, 4.69) is 26.1 Å². The molecule has 110 valence electrons. The maximum atomic E-state index is 12.0. The lowest BCUT2D eigenvalue weighted by atomic mass is 10.2. The van der Waals surface area contributed by atoms with E-state index in [1.165, 1.54) is 0 Å². The number of carbonyl (C=O) groups excluding carboxylic acids is 1. The van der Waals surface area contributed by atoms with Gasteiger partial charge in [-0.1, -0.05) is 30.3 Å². The van der Waals surface area contributed by atoms with E-state index in [-0.39, 0.29) is 12.5 Å². The first kappa shape index (κ1) is 14.5. The maximum absolute atomic E-state index is 12.0. The third-order valence-electron chi connectivity index (χ3n) is 2.91. The van der Waals surface area contributed by atoms with Crippen LogP contribution in [0.2, 0.25) is 0 Å². The monoisotopic (exact) mass is 358 g/mol. The van der Waals surface area contributed by atoms with E-state index in [4.69, 9.17) is 9.15 Å². The van der Waals surface area contributed by atoms with Crippen molar-refractivity contribution in [2.75, 3.05) is 0 Å². The van der Waals surface area contributed by atoms with Crippen molar-refractivity contribution in [2.45, 2.75) is 6.61 Å². The Balaban J connectivity index is 1.67. The second-order valence-electron chi connectivity index (χ2n) is 4.42. The minimum atomic E-state index is -0.452. The van der Waals surface area contributed by atoms with Crippen LogP contribution in [-0.2, 0) is 11.3 Å². The summed E-state index contributed by atoms with van der Waals surface area (Å²) in [6.45, 7) is -0.0694. The number of benzene rings is 2. The first-order valence-electron chi connectivity index (χ1n) is 6.53. The molecule has 6 heteroatoms. The van der Waals surface area contributed by atoms with Crippen LogP contribution in [0.25, 0.3) is 11.5 Å². The minimum absolute atomic E-state index is 0.0694. The molecule has 0 saturated carbocycles. The Morgan fingerprint density at radius 3 is 2.55 bits per heavy atom. The molecule has 3 aromatic rings. The van der Waals surface area contributed by atoms with Crippen LogP contribution in [-0.4, -0.2) is 16.2 Å². The quantitative estimate of drug-likeness (QED) is 0.662. The van der Waals surface area contributed by atoms with Crippen LogP contribution in [0.3, 0.4) is 0 Å². The lowest BCUT2D eigenvalue weighted by molar-refractivity contribution is 0.0437. The van der Waals surface area contributed by atoms with E-state index in [9.17, 15) is 4.79 Å². The van der Waals surface area contributed by atoms with Crippen molar-refractivity contribution in [3.05, 3.63) is 70.5 Å². The van der Waals surface area contributed by atoms with Gasteiger partial charge in [0.1, 0.15) is 0 Å². The molecule has 0 unspecified atom stereocenters. The number of aromatic nitrogens is 2. The molecule has 0 amide bonds. The van der Waals surface area contributed by atoms with Gasteiger partial charge in [-0.05, 0) is 40.2 Å². The van der Waals surface area contributed by atoms with E-state index in [0.717, 1.165) is 5.56 Å². The summed E-state index contributed by atoms with van der Waals surface area (Å²) in [5.74, 6) is 0.193. The second kappa shape index (κ2) is 6.53. The molecule has 1 heterocycles. The number of rotatable bonds is 4. The van der Waals surface area contributed by atoms with Gasteiger partial charge in [-0.3, -0.25) is 0 Å². The van der Waals surface area contributed by atoms with Gasteiger partial charge in [-0.15, -0.1) is 10.2 Å². The van der Waals surface area contributed by atoms with Crippen molar-refractivity contribution < 1.29 is 13.9 Å². The zero-order valence-electron chi connectivity index (χ0n) is 11.4. The lowest BCUT2D eigenvalue weighted by Crippen LogP contribution is -2.06. The molecular weight excluding hydrogens is 348 g/mol. The van der Waals surface area contributed by atoms with Gasteiger partial charge in [-0.25, -0.2) is 4.79 Å². The van der Waals surface area contributed by atoms with Crippen LogP contribution in [0.5, 0.6) is 0 Å². The minimum Gasteiger partial charge on any atom is -0.452 e. The Morgan fingerprint density at radius 2 is 1.77 bits per heavy atom. The average Bonchev–Trinajstić information content (AvgIpc) is 3.03. The number of halogens is 1. The summed E-state index contributed by atoms with van der Waals surface area (Å²) in [6.07, 6.45) is 0. The number of nitrogens with zero attached hydrogens (tertiary/aromatic N) is 2. The Bertz CT molecular complexity index is 787. The average molecular weight is 359 g/mol. The van der Waals surface area contributed by atoms with Crippen LogP contribution >= 0.6 is 15.9 Å². The largest absolute Gasteiger partial charge is 0.452 e. The van der Waals surface area contributed by atoms with E-state index in [1.54, 1.807) is 18.2 Å². The van der Waals surface area contributed by atoms with Crippen molar-refractivity contribution >= 4 is 21.9 Å². The van der Waals surface area contributed by atoms with Crippen molar-refractivity contribution in [1.82, 2.24) is 10.2 Å². The van der Waals surface area contributed by atoms with Gasteiger partial charge in [0.2, 0.25) is 5.89 Å². The van der Waals surface area contributed by atoms with Crippen molar-refractivity contribution in [2.24, 2.45) is 0 Å². The second-order valence-corrected chi connectivity index (χ2v) is 5.28. The predicted molar refractivity (Wildman–Crippen MR) is 83.0 cm³/mol. The predicted octanol–water partition coefficient (Wildman–Crippen LogP) is 3.86. The van der Waals surface area contributed by atoms with E-state index < -0.39 is 5.97 Å². The van der Waals surface area contributed by atoms with Crippen LogP contribution in [0, 0.1) is 0 Å². The molecule has 2 aromatic carbocycles. The SMILES string of the molecule is O=C(OCc1nnc(-c2ccccc2)o1)c1ccccc1Br. The first-order valence-corrected chi connectivity index (χ1v) is 7.33. The summed E-state index contributed by atoms with van der Waals surface area (Å²) in [4.78, 5) is 12.0. The first-order chi connectivity index (χ1) is 10.7. The van der Waals surface area contributed by atoms with Gasteiger partial charge in [0, 0.05) is 10.0 Å². The molecule has 1 aromatic heterocycles. The number of ether oxygens (including phenoxy) is 1. The molecule has 0 radical (unpaired) electrons. The highest BCUT2D eigenvalue weighted by molar-refractivity contribution is 9.10. The van der Waals surface area contributed by atoms with Crippen molar-refractivity contribution in [1.29, 1.82) is 0 Å². The summed E-state index contributed by atoms with van der Waals surface area (Å²) in [5.41, 5.74) is 1.27. The van der Waals surface area contributed by atoms with Crippen molar-refractivity contribution in [3.63, 3.8) is 0 Å². The Kier molecular flexibility index (Phi) is 4.29. The van der Waals surface area contributed by atoms with Gasteiger partial charge >= 0.3 is 5.97 Å². The molecule has 3 rings (SSSR count). The fourth-order valence-corrected chi connectivity index (χ4v) is 2.29. The standard InChI is InChI=1S/C16H11BrN2O3/c17-13-9-5-4-8-12(13)16(20)21-10-14-18-19-15(22-14)11-6-2-1-3-7-11/h1-9H,10H2. The fourth-order valence-electron chi connectivity index (χ4n) is 1.84. The van der Waals surface area contributed by atoms with Crippen LogP contribution in [0.4, 0.5) is 0 Å². The lowest BCUT2D eigenvalue weighted by Gasteiger charge is -2.03. The Labute approximate surface area is 135 Å². The van der Waals surface area contributed by atoms with Crippen LogP contribution in [0.1, 0.15) is 16.2 Å². The topological polar surface area (TPSA) is 65.2 Å². The number of carbonyl (C=O) groups is 1. The summed E-state index contributed by atoms with van der Waals surface area (Å²) < 4.78 is 11.3. The highest BCUT2D eigenvalue weighted by atomic mass is 79.9. The molecule has 0 N–H and O–H groups in total. The highest BCUT2D eigenvalue weighted by Crippen LogP contribution is 2.19. The van der Waals surface area contributed by atoms with Crippen LogP contribution < -0.4 is 0 Å². The van der Waals surface area contributed by atoms with Gasteiger partial charge in [0.25, 0.3) is 5.89 Å². The molecule has 5 nitrogen and oxygen atoms in total. The van der Waals surface area contributed by atoms with E-state index >= 15 is 0 Å². The molecule has 0 aliphatic rings. The third kappa shape index (κ3) is 3.23. The number of hydrogen-bond acceptors (Lipinski definition) is 5. The number of esters is 1. The van der Waals surface area contributed by atoms with E-state index in [0.29, 0.717) is 15.9 Å². The highest BCUT2D eigenvalue weighted by Gasteiger charge is 2.14. The molecule has 0 bridgehead atoms. The fraction of sp³-hybridized carbons (Fsp3) is 0.0625. The van der Waals surface area contributed by atoms with E-state index in [1.807, 2.05) is 36.4 Å². The Morgan fingerprint density at radius 1 is 1.05 bits per heavy atom. The summed E-state index contributed by atoms with van der Waals surface area (Å²) in [5, 5.41) is 7.81. The molecule has 0 saturated heterocycles. The summed E-state index contributed by atoms with van der Waals surface area (Å²) in [7, 11) is 0. The molecule has 0 aliphatic carbocycles. The smallest absolute Gasteiger partial charge is 0.339 e. The molecule has 22 heavy (non-hydrogen) atoms. The van der Waals surface area contributed by atoms with Crippen molar-refractivity contribution in [3.8, 4) is 11.5 Å². The molecule has 0 fully saturated rings. The van der Waals surface area contributed by atoms with Gasteiger partial charge in [0.15, 0.2) is 6.61 Å². The molecule has 0 spiro atoms. The third-order valence-corrected chi connectivity index (χ3v) is 3.60. The van der Waals surface area contributed by atoms with Gasteiger partial charge in [0.05, 0.1) is 5.56 Å².